The molecule has 5 heteroatoms. The molecule has 1 atom stereocenters. The third kappa shape index (κ3) is 3.40. The van der Waals surface area contributed by atoms with Crippen LogP contribution in [0.2, 0.25) is 0 Å². The van der Waals surface area contributed by atoms with Crippen molar-refractivity contribution in [1.82, 2.24) is 15.6 Å². The molecule has 1 fully saturated rings. The van der Waals surface area contributed by atoms with E-state index < -0.39 is 0 Å². The zero-order chi connectivity index (χ0) is 12.1. The standard InChI is InChI=1S/C12H21N3OS/c1-2-12(4-3-5-13-8-12)9-14-6-10-7-17-11(16)15-10/h7,13-14H,2-6,8-9H2,1H3,(H,15,16). The lowest BCUT2D eigenvalue weighted by Gasteiger charge is -2.37. The van der Waals surface area contributed by atoms with E-state index in [1.54, 1.807) is 0 Å². The van der Waals surface area contributed by atoms with E-state index in [2.05, 4.69) is 22.5 Å². The summed E-state index contributed by atoms with van der Waals surface area (Å²) in [6.07, 6.45) is 3.77. The topological polar surface area (TPSA) is 56.9 Å². The summed E-state index contributed by atoms with van der Waals surface area (Å²) in [5.74, 6) is 0. The van der Waals surface area contributed by atoms with Gasteiger partial charge in [-0.1, -0.05) is 18.3 Å². The van der Waals surface area contributed by atoms with Gasteiger partial charge in [-0.3, -0.25) is 4.79 Å². The summed E-state index contributed by atoms with van der Waals surface area (Å²) >= 11 is 1.23. The largest absolute Gasteiger partial charge is 0.316 e. The van der Waals surface area contributed by atoms with E-state index in [-0.39, 0.29) is 4.87 Å². The Morgan fingerprint density at radius 1 is 1.59 bits per heavy atom. The minimum absolute atomic E-state index is 0.0336. The van der Waals surface area contributed by atoms with Crippen molar-refractivity contribution in [3.63, 3.8) is 0 Å². The van der Waals surface area contributed by atoms with Crippen molar-refractivity contribution in [2.75, 3.05) is 19.6 Å². The van der Waals surface area contributed by atoms with E-state index in [1.165, 1.54) is 30.6 Å². The molecule has 1 saturated heterocycles. The summed E-state index contributed by atoms with van der Waals surface area (Å²) in [7, 11) is 0. The summed E-state index contributed by atoms with van der Waals surface area (Å²) in [4.78, 5) is 13.9. The van der Waals surface area contributed by atoms with Gasteiger partial charge in [0.2, 0.25) is 0 Å². The zero-order valence-corrected chi connectivity index (χ0v) is 11.2. The second kappa shape index (κ2) is 5.80. The predicted octanol–water partition coefficient (Wildman–Crippen LogP) is 1.31. The number of aromatic nitrogens is 1. The molecule has 0 amide bonds. The molecule has 0 aromatic carbocycles. The number of H-pyrrole nitrogens is 1. The van der Waals surface area contributed by atoms with Gasteiger partial charge in [0.15, 0.2) is 0 Å². The van der Waals surface area contributed by atoms with Crippen molar-refractivity contribution in [2.45, 2.75) is 32.7 Å². The Morgan fingerprint density at radius 2 is 2.47 bits per heavy atom. The lowest BCUT2D eigenvalue weighted by atomic mass is 9.78. The number of rotatable bonds is 5. The van der Waals surface area contributed by atoms with Crippen molar-refractivity contribution in [3.05, 3.63) is 20.7 Å². The van der Waals surface area contributed by atoms with Crippen LogP contribution in [0.25, 0.3) is 0 Å². The van der Waals surface area contributed by atoms with Crippen LogP contribution < -0.4 is 15.5 Å². The number of hydrogen-bond acceptors (Lipinski definition) is 4. The number of thiazole rings is 1. The summed E-state index contributed by atoms with van der Waals surface area (Å²) in [6.45, 7) is 6.31. The van der Waals surface area contributed by atoms with Gasteiger partial charge >= 0.3 is 4.87 Å². The third-order valence-corrected chi connectivity index (χ3v) is 4.42. The lowest BCUT2D eigenvalue weighted by Crippen LogP contribution is -2.45. The Morgan fingerprint density at radius 3 is 3.06 bits per heavy atom. The maximum absolute atomic E-state index is 11.0. The molecule has 0 saturated carbocycles. The van der Waals surface area contributed by atoms with Gasteiger partial charge in [-0.2, -0.15) is 0 Å². The van der Waals surface area contributed by atoms with E-state index in [0.29, 0.717) is 5.41 Å². The van der Waals surface area contributed by atoms with Crippen LogP contribution >= 0.6 is 11.3 Å². The van der Waals surface area contributed by atoms with Gasteiger partial charge in [0.25, 0.3) is 0 Å². The zero-order valence-electron chi connectivity index (χ0n) is 10.3. The molecule has 1 aliphatic heterocycles. The first-order valence-electron chi connectivity index (χ1n) is 6.32. The van der Waals surface area contributed by atoms with Gasteiger partial charge in [0.05, 0.1) is 0 Å². The van der Waals surface area contributed by atoms with Crippen LogP contribution in [0.15, 0.2) is 10.2 Å². The molecular weight excluding hydrogens is 234 g/mol. The maximum atomic E-state index is 11.0. The van der Waals surface area contributed by atoms with E-state index >= 15 is 0 Å². The van der Waals surface area contributed by atoms with Crippen molar-refractivity contribution < 1.29 is 0 Å². The molecule has 2 rings (SSSR count). The van der Waals surface area contributed by atoms with E-state index in [0.717, 1.165) is 31.9 Å². The highest BCUT2D eigenvalue weighted by atomic mass is 32.1. The molecular formula is C12H21N3OS. The Hall–Kier alpha value is -0.650. The Labute approximate surface area is 106 Å². The van der Waals surface area contributed by atoms with Gasteiger partial charge in [-0.25, -0.2) is 0 Å². The van der Waals surface area contributed by atoms with Crippen LogP contribution in [0, 0.1) is 5.41 Å². The molecule has 1 aliphatic rings. The van der Waals surface area contributed by atoms with Gasteiger partial charge in [0.1, 0.15) is 0 Å². The van der Waals surface area contributed by atoms with Gasteiger partial charge in [-0.05, 0) is 31.2 Å². The lowest BCUT2D eigenvalue weighted by molar-refractivity contribution is 0.192. The fraction of sp³-hybridized carbons (Fsp3) is 0.750. The number of aromatic amines is 1. The van der Waals surface area contributed by atoms with Crippen LogP contribution in [0.1, 0.15) is 31.9 Å². The average Bonchev–Trinajstić information content (AvgIpc) is 2.76. The molecule has 96 valence electrons. The highest BCUT2D eigenvalue weighted by Gasteiger charge is 2.29. The SMILES string of the molecule is CCC1(CNCc2csc(=O)[nH]2)CCCNC1. The van der Waals surface area contributed by atoms with Crippen LogP contribution in [0.3, 0.4) is 0 Å². The molecule has 0 aliphatic carbocycles. The first-order valence-corrected chi connectivity index (χ1v) is 7.20. The van der Waals surface area contributed by atoms with Crippen molar-refractivity contribution in [2.24, 2.45) is 5.41 Å². The van der Waals surface area contributed by atoms with Gasteiger partial charge in [-0.15, -0.1) is 0 Å². The Kier molecular flexibility index (Phi) is 4.36. The quantitative estimate of drug-likeness (QED) is 0.743. The average molecular weight is 255 g/mol. The Balaban J connectivity index is 1.81. The first kappa shape index (κ1) is 12.8. The third-order valence-electron chi connectivity index (χ3n) is 3.70. The number of hydrogen-bond donors (Lipinski definition) is 3. The van der Waals surface area contributed by atoms with Crippen LogP contribution in [-0.4, -0.2) is 24.6 Å². The first-order chi connectivity index (χ1) is 8.24. The highest BCUT2D eigenvalue weighted by Crippen LogP contribution is 2.28. The molecule has 4 nitrogen and oxygen atoms in total. The Bertz CT molecular complexity index is 392. The number of piperidine rings is 1. The monoisotopic (exact) mass is 255 g/mol. The van der Waals surface area contributed by atoms with Crippen molar-refractivity contribution in [3.8, 4) is 0 Å². The summed E-state index contributed by atoms with van der Waals surface area (Å²) in [5, 5.41) is 8.85. The van der Waals surface area contributed by atoms with Gasteiger partial charge in [0, 0.05) is 30.7 Å². The summed E-state index contributed by atoms with van der Waals surface area (Å²) in [6, 6.07) is 0. The van der Waals surface area contributed by atoms with Crippen LogP contribution in [0.4, 0.5) is 0 Å². The fourth-order valence-electron chi connectivity index (χ4n) is 2.47. The molecule has 2 heterocycles. The molecule has 0 bridgehead atoms. The molecule has 17 heavy (non-hydrogen) atoms. The molecule has 1 aromatic rings. The van der Waals surface area contributed by atoms with Crippen LogP contribution in [-0.2, 0) is 6.54 Å². The van der Waals surface area contributed by atoms with E-state index in [1.807, 2.05) is 5.38 Å². The second-order valence-corrected chi connectivity index (χ2v) is 5.75. The molecule has 3 N–H and O–H groups in total. The van der Waals surface area contributed by atoms with Crippen molar-refractivity contribution >= 4 is 11.3 Å². The minimum Gasteiger partial charge on any atom is -0.316 e. The second-order valence-electron chi connectivity index (χ2n) is 4.91. The van der Waals surface area contributed by atoms with Gasteiger partial charge < -0.3 is 15.6 Å². The normalized spacial score (nSPS) is 25.0. The number of nitrogens with one attached hydrogen (secondary N) is 3. The summed E-state index contributed by atoms with van der Waals surface area (Å²) in [5.41, 5.74) is 1.39. The minimum atomic E-state index is 0.0336. The molecule has 1 aromatic heterocycles. The van der Waals surface area contributed by atoms with E-state index in [9.17, 15) is 4.79 Å². The molecule has 1 unspecified atom stereocenters. The predicted molar refractivity (Wildman–Crippen MR) is 71.5 cm³/mol. The van der Waals surface area contributed by atoms with E-state index in [4.69, 9.17) is 0 Å². The fourth-order valence-corrected chi connectivity index (χ4v) is 3.05. The van der Waals surface area contributed by atoms with Crippen LogP contribution in [0.5, 0.6) is 0 Å². The molecule has 0 spiro atoms. The highest BCUT2D eigenvalue weighted by molar-refractivity contribution is 7.07. The summed E-state index contributed by atoms with van der Waals surface area (Å²) < 4.78 is 0. The molecule has 0 radical (unpaired) electrons. The smallest absolute Gasteiger partial charge is 0.304 e. The van der Waals surface area contributed by atoms with Crippen molar-refractivity contribution in [1.29, 1.82) is 0 Å². The maximum Gasteiger partial charge on any atom is 0.304 e.